The summed E-state index contributed by atoms with van der Waals surface area (Å²) in [6.45, 7) is 3.00. The summed E-state index contributed by atoms with van der Waals surface area (Å²) in [6.07, 6.45) is -5.17. The normalized spacial score (nSPS) is 20.2. The predicted molar refractivity (Wildman–Crippen MR) is 92.5 cm³/mol. The third-order valence-corrected chi connectivity index (χ3v) is 5.05. The molecule has 164 valence electrons. The van der Waals surface area contributed by atoms with E-state index in [1.165, 1.54) is 18.7 Å². The van der Waals surface area contributed by atoms with Crippen molar-refractivity contribution in [3.05, 3.63) is 46.8 Å². The molecule has 3 rings (SSSR count). The number of alkyl halides is 3. The molecule has 1 aliphatic heterocycles. The Balaban J connectivity index is 1.73. The molecule has 1 aliphatic rings. The number of aromatic nitrogens is 3. The van der Waals surface area contributed by atoms with Gasteiger partial charge in [-0.1, -0.05) is 0 Å². The quantitative estimate of drug-likeness (QED) is 0.592. The molecule has 0 aliphatic carbocycles. The van der Waals surface area contributed by atoms with Gasteiger partial charge in [0.05, 0.1) is 12.1 Å². The Kier molecular flexibility index (Phi) is 5.81. The first-order valence-corrected chi connectivity index (χ1v) is 9.10. The Morgan fingerprint density at radius 1 is 1.17 bits per heavy atom. The molecule has 1 aromatic heterocycles. The van der Waals surface area contributed by atoms with Crippen LogP contribution in [0.4, 0.5) is 26.3 Å². The maximum atomic E-state index is 13.8. The molecule has 6 nitrogen and oxygen atoms in total. The van der Waals surface area contributed by atoms with Gasteiger partial charge in [-0.05, 0) is 31.9 Å². The largest absolute Gasteiger partial charge is 0.451 e. The maximum Gasteiger partial charge on any atom is 0.451 e. The summed E-state index contributed by atoms with van der Waals surface area (Å²) in [4.78, 5) is 14.0. The average molecular weight is 435 g/mol. The van der Waals surface area contributed by atoms with Crippen LogP contribution in [0, 0.1) is 17.5 Å². The first kappa shape index (κ1) is 22.1. The van der Waals surface area contributed by atoms with Crippen molar-refractivity contribution in [1.82, 2.24) is 19.7 Å². The molecule has 0 radical (unpaired) electrons. The van der Waals surface area contributed by atoms with E-state index in [0.29, 0.717) is 12.1 Å². The van der Waals surface area contributed by atoms with Crippen molar-refractivity contribution in [2.24, 2.45) is 5.73 Å². The standard InChI is InChI=1S/C18H19F6N5O/c1-8-7-28(9(2)16-26-27-17(29(8)16)18(22,23)24)15(30)5-11(25)3-10-4-13(20)14(21)6-12(10)19/h4,6,8-9,11H,3,5,7,25H2,1-2H3/t8-,9-,11+/m0/s1. The average Bonchev–Trinajstić information content (AvgIpc) is 3.09. The van der Waals surface area contributed by atoms with Gasteiger partial charge in [-0.2, -0.15) is 13.2 Å². The van der Waals surface area contributed by atoms with Crippen molar-refractivity contribution in [1.29, 1.82) is 0 Å². The Labute approximate surface area is 167 Å². The highest BCUT2D eigenvalue weighted by atomic mass is 19.4. The van der Waals surface area contributed by atoms with Crippen LogP contribution in [0.3, 0.4) is 0 Å². The maximum absolute atomic E-state index is 13.8. The van der Waals surface area contributed by atoms with Gasteiger partial charge in [0.2, 0.25) is 11.7 Å². The summed E-state index contributed by atoms with van der Waals surface area (Å²) in [6, 6.07) is -1.35. The van der Waals surface area contributed by atoms with Gasteiger partial charge in [0.25, 0.3) is 0 Å². The molecule has 1 amide bonds. The van der Waals surface area contributed by atoms with Crippen LogP contribution < -0.4 is 5.73 Å². The number of fused-ring (bicyclic) bond motifs is 1. The fraction of sp³-hybridized carbons (Fsp3) is 0.500. The molecular formula is C18H19F6N5O. The number of hydrogen-bond donors (Lipinski definition) is 1. The fourth-order valence-electron chi connectivity index (χ4n) is 3.61. The van der Waals surface area contributed by atoms with E-state index in [9.17, 15) is 31.1 Å². The molecule has 2 aromatic rings. The number of nitrogens with two attached hydrogens (primary N) is 1. The van der Waals surface area contributed by atoms with Gasteiger partial charge in [-0.15, -0.1) is 10.2 Å². The summed E-state index contributed by atoms with van der Waals surface area (Å²) < 4.78 is 80.5. The van der Waals surface area contributed by atoms with Crippen LogP contribution in [-0.4, -0.2) is 38.2 Å². The molecule has 30 heavy (non-hydrogen) atoms. The SMILES string of the molecule is C[C@H]1c2nnc(C(F)(F)F)n2[C@@H](C)CN1C(=O)C[C@H](N)Cc1cc(F)c(F)cc1F. The van der Waals surface area contributed by atoms with Crippen LogP contribution >= 0.6 is 0 Å². The van der Waals surface area contributed by atoms with E-state index in [1.54, 1.807) is 0 Å². The lowest BCUT2D eigenvalue weighted by atomic mass is 10.0. The van der Waals surface area contributed by atoms with Crippen molar-refractivity contribution >= 4 is 5.91 Å². The zero-order chi connectivity index (χ0) is 22.4. The van der Waals surface area contributed by atoms with E-state index >= 15 is 0 Å². The van der Waals surface area contributed by atoms with Crippen molar-refractivity contribution in [2.75, 3.05) is 6.54 Å². The monoisotopic (exact) mass is 435 g/mol. The van der Waals surface area contributed by atoms with Gasteiger partial charge in [0.15, 0.2) is 17.5 Å². The topological polar surface area (TPSA) is 77.0 Å². The van der Waals surface area contributed by atoms with E-state index in [-0.39, 0.29) is 30.8 Å². The highest BCUT2D eigenvalue weighted by Crippen LogP contribution is 2.36. The fourth-order valence-corrected chi connectivity index (χ4v) is 3.61. The van der Waals surface area contributed by atoms with Gasteiger partial charge < -0.3 is 15.2 Å². The van der Waals surface area contributed by atoms with Crippen molar-refractivity contribution in [3.63, 3.8) is 0 Å². The molecule has 1 aromatic carbocycles. The van der Waals surface area contributed by atoms with Crippen LogP contribution in [0.2, 0.25) is 0 Å². The molecule has 0 fully saturated rings. The molecule has 12 heteroatoms. The van der Waals surface area contributed by atoms with E-state index in [4.69, 9.17) is 5.73 Å². The lowest BCUT2D eigenvalue weighted by molar-refractivity contribution is -0.149. The number of amides is 1. The summed E-state index contributed by atoms with van der Waals surface area (Å²) in [7, 11) is 0. The Bertz CT molecular complexity index is 959. The first-order valence-electron chi connectivity index (χ1n) is 9.10. The lowest BCUT2D eigenvalue weighted by Gasteiger charge is -2.38. The molecule has 0 unspecified atom stereocenters. The zero-order valence-corrected chi connectivity index (χ0v) is 16.1. The number of nitrogens with zero attached hydrogens (tertiary/aromatic N) is 4. The third-order valence-electron chi connectivity index (χ3n) is 5.05. The molecule has 0 spiro atoms. The number of carbonyl (C=O) groups is 1. The molecule has 3 atom stereocenters. The van der Waals surface area contributed by atoms with E-state index < -0.39 is 53.5 Å². The molecular weight excluding hydrogens is 416 g/mol. The minimum Gasteiger partial charge on any atom is -0.331 e. The number of carbonyl (C=O) groups excluding carboxylic acids is 1. The molecule has 0 saturated carbocycles. The van der Waals surface area contributed by atoms with Crippen LogP contribution in [0.5, 0.6) is 0 Å². The molecule has 2 N–H and O–H groups in total. The second-order valence-corrected chi connectivity index (χ2v) is 7.35. The second kappa shape index (κ2) is 7.89. The lowest BCUT2D eigenvalue weighted by Crippen LogP contribution is -2.45. The Morgan fingerprint density at radius 2 is 1.80 bits per heavy atom. The van der Waals surface area contributed by atoms with E-state index in [0.717, 1.165) is 4.57 Å². The van der Waals surface area contributed by atoms with Crippen molar-refractivity contribution in [3.8, 4) is 0 Å². The van der Waals surface area contributed by atoms with Gasteiger partial charge >= 0.3 is 6.18 Å². The molecule has 0 saturated heterocycles. The number of benzene rings is 1. The van der Waals surface area contributed by atoms with Gasteiger partial charge in [0, 0.05) is 25.1 Å². The first-order chi connectivity index (χ1) is 13.9. The molecule has 2 heterocycles. The van der Waals surface area contributed by atoms with Crippen LogP contribution in [-0.2, 0) is 17.4 Å². The van der Waals surface area contributed by atoms with Crippen LogP contribution in [0.25, 0.3) is 0 Å². The van der Waals surface area contributed by atoms with Gasteiger partial charge in [0.1, 0.15) is 5.82 Å². The number of rotatable bonds is 4. The second-order valence-electron chi connectivity index (χ2n) is 7.35. The Hall–Kier alpha value is -2.63. The minimum atomic E-state index is -4.68. The predicted octanol–water partition coefficient (Wildman–Crippen LogP) is 3.14. The number of hydrogen-bond acceptors (Lipinski definition) is 4. The van der Waals surface area contributed by atoms with Crippen molar-refractivity contribution < 1.29 is 31.1 Å². The summed E-state index contributed by atoms with van der Waals surface area (Å²) >= 11 is 0. The van der Waals surface area contributed by atoms with Crippen LogP contribution in [0.1, 0.15) is 49.6 Å². The highest BCUT2D eigenvalue weighted by Gasteiger charge is 2.43. The third kappa shape index (κ3) is 4.13. The van der Waals surface area contributed by atoms with Crippen molar-refractivity contribution in [2.45, 2.75) is 51.0 Å². The summed E-state index contributed by atoms with van der Waals surface area (Å²) in [5, 5.41) is 6.83. The summed E-state index contributed by atoms with van der Waals surface area (Å²) in [5.74, 6) is -5.16. The zero-order valence-electron chi connectivity index (χ0n) is 16.1. The smallest absolute Gasteiger partial charge is 0.331 e. The minimum absolute atomic E-state index is 0.00496. The highest BCUT2D eigenvalue weighted by molar-refractivity contribution is 5.77. The molecule has 0 bridgehead atoms. The van der Waals surface area contributed by atoms with Crippen LogP contribution in [0.15, 0.2) is 12.1 Å². The van der Waals surface area contributed by atoms with Gasteiger partial charge in [-0.3, -0.25) is 4.79 Å². The summed E-state index contributed by atoms with van der Waals surface area (Å²) in [5.41, 5.74) is 5.72. The van der Waals surface area contributed by atoms with Gasteiger partial charge in [-0.25, -0.2) is 13.2 Å². The number of halogens is 6. The van der Waals surface area contributed by atoms with E-state index in [1.807, 2.05) is 0 Å². The Morgan fingerprint density at radius 3 is 2.43 bits per heavy atom. The van der Waals surface area contributed by atoms with E-state index in [2.05, 4.69) is 10.2 Å².